The topological polar surface area (TPSA) is 106 Å². The molecular formula is C16H22N6O3. The van der Waals surface area contributed by atoms with E-state index in [1.807, 2.05) is 4.90 Å². The lowest BCUT2D eigenvalue weighted by molar-refractivity contribution is 0.0645. The molecule has 134 valence electrons. The Kier molecular flexibility index (Phi) is 5.11. The molecule has 1 aliphatic rings. The van der Waals surface area contributed by atoms with Gasteiger partial charge in [-0.2, -0.15) is 5.10 Å². The molecule has 2 aromatic heterocycles. The Balaban J connectivity index is 1.65. The molecule has 1 N–H and O–H groups in total. The maximum absolute atomic E-state index is 12.8. The summed E-state index contributed by atoms with van der Waals surface area (Å²) in [7, 11) is 0. The molecule has 1 amide bonds. The van der Waals surface area contributed by atoms with E-state index in [2.05, 4.69) is 22.3 Å². The van der Waals surface area contributed by atoms with Crippen LogP contribution in [0, 0.1) is 5.92 Å². The number of carbonyl (C=O) groups excluding carboxylic acids is 1. The van der Waals surface area contributed by atoms with Crippen molar-refractivity contribution in [1.29, 1.82) is 0 Å². The molecule has 0 spiro atoms. The third kappa shape index (κ3) is 3.86. The summed E-state index contributed by atoms with van der Waals surface area (Å²) in [6.07, 6.45) is 5.90. The molecule has 0 bridgehead atoms. The van der Waals surface area contributed by atoms with Crippen molar-refractivity contribution in [2.45, 2.75) is 39.3 Å². The Bertz CT molecular complexity index is 753. The van der Waals surface area contributed by atoms with Crippen LogP contribution in [0.2, 0.25) is 0 Å². The molecule has 0 saturated carbocycles. The number of amides is 1. The van der Waals surface area contributed by atoms with E-state index in [1.54, 1.807) is 21.6 Å². The van der Waals surface area contributed by atoms with E-state index < -0.39 is 5.97 Å². The summed E-state index contributed by atoms with van der Waals surface area (Å²) >= 11 is 0. The van der Waals surface area contributed by atoms with Crippen molar-refractivity contribution >= 4 is 11.9 Å². The fraction of sp³-hybridized carbons (Fsp3) is 0.562. The van der Waals surface area contributed by atoms with E-state index in [1.165, 1.54) is 6.20 Å². The number of aromatic carboxylic acids is 1. The largest absolute Gasteiger partial charge is 0.476 e. The first-order valence-electron chi connectivity index (χ1n) is 8.53. The number of nitrogens with zero attached hydrogens (tertiary/aromatic N) is 6. The Morgan fingerprint density at radius 2 is 2.24 bits per heavy atom. The van der Waals surface area contributed by atoms with Gasteiger partial charge in [-0.15, -0.1) is 5.10 Å². The second kappa shape index (κ2) is 7.45. The molecule has 9 nitrogen and oxygen atoms in total. The molecule has 0 aromatic carbocycles. The van der Waals surface area contributed by atoms with Gasteiger partial charge >= 0.3 is 5.97 Å². The van der Waals surface area contributed by atoms with Crippen molar-refractivity contribution in [3.05, 3.63) is 29.8 Å². The molecule has 1 aliphatic heterocycles. The SMILES string of the molecule is CCCn1nccc1C(=O)N1CCCC(Cn2cc(C(=O)O)nn2)C1. The van der Waals surface area contributed by atoms with Gasteiger partial charge in [-0.3, -0.25) is 14.2 Å². The number of carbonyl (C=O) groups is 2. The first kappa shape index (κ1) is 17.1. The fourth-order valence-corrected chi connectivity index (χ4v) is 3.22. The number of rotatable bonds is 6. The van der Waals surface area contributed by atoms with Gasteiger partial charge in [0.05, 0.1) is 6.20 Å². The lowest BCUT2D eigenvalue weighted by Gasteiger charge is -2.32. The van der Waals surface area contributed by atoms with Gasteiger partial charge in [0.1, 0.15) is 5.69 Å². The van der Waals surface area contributed by atoms with Gasteiger partial charge in [-0.05, 0) is 31.2 Å². The molecule has 3 heterocycles. The van der Waals surface area contributed by atoms with Crippen LogP contribution in [0.25, 0.3) is 0 Å². The highest BCUT2D eigenvalue weighted by molar-refractivity contribution is 5.92. The van der Waals surface area contributed by atoms with Crippen LogP contribution < -0.4 is 0 Å². The zero-order chi connectivity index (χ0) is 17.8. The number of hydrogen-bond donors (Lipinski definition) is 1. The second-order valence-corrected chi connectivity index (χ2v) is 6.33. The fourth-order valence-electron chi connectivity index (χ4n) is 3.22. The van der Waals surface area contributed by atoms with Crippen LogP contribution in [0.1, 0.15) is 47.2 Å². The first-order valence-corrected chi connectivity index (χ1v) is 8.53. The van der Waals surface area contributed by atoms with Crippen molar-refractivity contribution in [3.8, 4) is 0 Å². The molecule has 3 rings (SSSR count). The summed E-state index contributed by atoms with van der Waals surface area (Å²) in [5.74, 6) is -0.861. The van der Waals surface area contributed by atoms with Crippen LogP contribution in [-0.4, -0.2) is 59.7 Å². The molecule has 1 unspecified atom stereocenters. The van der Waals surface area contributed by atoms with Crippen LogP contribution in [0.3, 0.4) is 0 Å². The van der Waals surface area contributed by atoms with Gasteiger partial charge in [0.15, 0.2) is 5.69 Å². The summed E-state index contributed by atoms with van der Waals surface area (Å²) in [5, 5.41) is 20.6. The minimum Gasteiger partial charge on any atom is -0.476 e. The smallest absolute Gasteiger partial charge is 0.358 e. The van der Waals surface area contributed by atoms with E-state index in [-0.39, 0.29) is 17.5 Å². The van der Waals surface area contributed by atoms with Crippen molar-refractivity contribution in [2.75, 3.05) is 13.1 Å². The normalized spacial score (nSPS) is 17.6. The lowest BCUT2D eigenvalue weighted by atomic mass is 9.98. The van der Waals surface area contributed by atoms with Crippen LogP contribution >= 0.6 is 0 Å². The predicted molar refractivity (Wildman–Crippen MR) is 88.1 cm³/mol. The van der Waals surface area contributed by atoms with E-state index in [0.29, 0.717) is 18.8 Å². The molecule has 2 aromatic rings. The van der Waals surface area contributed by atoms with Crippen LogP contribution in [0.4, 0.5) is 0 Å². The molecule has 0 radical (unpaired) electrons. The predicted octanol–water partition coefficient (Wildman–Crippen LogP) is 1.14. The summed E-state index contributed by atoms with van der Waals surface area (Å²) < 4.78 is 3.30. The molecule has 9 heteroatoms. The van der Waals surface area contributed by atoms with E-state index >= 15 is 0 Å². The zero-order valence-corrected chi connectivity index (χ0v) is 14.2. The number of likely N-dealkylation sites (tertiary alicyclic amines) is 1. The highest BCUT2D eigenvalue weighted by atomic mass is 16.4. The monoisotopic (exact) mass is 346 g/mol. The third-order valence-electron chi connectivity index (χ3n) is 4.38. The van der Waals surface area contributed by atoms with Gasteiger partial charge < -0.3 is 10.0 Å². The van der Waals surface area contributed by atoms with Crippen molar-refractivity contribution in [3.63, 3.8) is 0 Å². The van der Waals surface area contributed by atoms with Gasteiger partial charge in [0.25, 0.3) is 5.91 Å². The summed E-state index contributed by atoms with van der Waals surface area (Å²) in [4.78, 5) is 25.5. The zero-order valence-electron chi connectivity index (χ0n) is 14.2. The maximum atomic E-state index is 12.8. The lowest BCUT2D eigenvalue weighted by Crippen LogP contribution is -2.42. The van der Waals surface area contributed by atoms with E-state index in [0.717, 1.165) is 32.4 Å². The van der Waals surface area contributed by atoms with Crippen LogP contribution in [0.5, 0.6) is 0 Å². The summed E-state index contributed by atoms with van der Waals surface area (Å²) in [5.41, 5.74) is 0.559. The molecule has 1 fully saturated rings. The van der Waals surface area contributed by atoms with Crippen LogP contribution in [0.15, 0.2) is 18.5 Å². The minimum absolute atomic E-state index is 0.000431. The maximum Gasteiger partial charge on any atom is 0.358 e. The van der Waals surface area contributed by atoms with Gasteiger partial charge in [0.2, 0.25) is 0 Å². The molecule has 1 saturated heterocycles. The second-order valence-electron chi connectivity index (χ2n) is 6.33. The number of aromatic nitrogens is 5. The summed E-state index contributed by atoms with van der Waals surface area (Å²) in [6, 6.07) is 1.76. The number of carboxylic acid groups (broad SMARTS) is 1. The number of carboxylic acids is 1. The van der Waals surface area contributed by atoms with Gasteiger partial charge in [-0.25, -0.2) is 4.79 Å². The highest BCUT2D eigenvalue weighted by Gasteiger charge is 2.27. The van der Waals surface area contributed by atoms with Crippen LogP contribution in [-0.2, 0) is 13.1 Å². The average molecular weight is 346 g/mol. The van der Waals surface area contributed by atoms with Crippen molar-refractivity contribution in [1.82, 2.24) is 29.7 Å². The first-order chi connectivity index (χ1) is 12.1. The third-order valence-corrected chi connectivity index (χ3v) is 4.38. The average Bonchev–Trinajstić information content (AvgIpc) is 3.24. The Labute approximate surface area is 145 Å². The van der Waals surface area contributed by atoms with E-state index in [9.17, 15) is 9.59 Å². The van der Waals surface area contributed by atoms with Crippen molar-refractivity contribution < 1.29 is 14.7 Å². The standard InChI is InChI=1S/C16H22N6O3/c1-2-7-22-14(5-6-17-22)15(23)20-8-3-4-12(9-20)10-21-11-13(16(24)25)18-19-21/h5-6,11-12H,2-4,7-10H2,1H3,(H,24,25). The van der Waals surface area contributed by atoms with Gasteiger partial charge in [0, 0.05) is 32.4 Å². The Hall–Kier alpha value is -2.71. The number of hydrogen-bond acceptors (Lipinski definition) is 5. The molecule has 0 aliphatic carbocycles. The number of aryl methyl sites for hydroxylation is 1. The summed E-state index contributed by atoms with van der Waals surface area (Å²) in [6.45, 7) is 4.68. The Morgan fingerprint density at radius 3 is 2.96 bits per heavy atom. The molecule has 1 atom stereocenters. The van der Waals surface area contributed by atoms with Gasteiger partial charge in [-0.1, -0.05) is 12.1 Å². The number of piperidine rings is 1. The Morgan fingerprint density at radius 1 is 1.40 bits per heavy atom. The minimum atomic E-state index is -1.09. The van der Waals surface area contributed by atoms with Crippen molar-refractivity contribution in [2.24, 2.45) is 5.92 Å². The van der Waals surface area contributed by atoms with E-state index in [4.69, 9.17) is 5.11 Å². The quantitative estimate of drug-likeness (QED) is 0.840. The highest BCUT2D eigenvalue weighted by Crippen LogP contribution is 2.20. The molecular weight excluding hydrogens is 324 g/mol. The molecule has 25 heavy (non-hydrogen) atoms.